The monoisotopic (exact) mass is 426 g/mol. The molecule has 0 aliphatic heterocycles. The van der Waals surface area contributed by atoms with Crippen LogP contribution in [0.3, 0.4) is 0 Å². The standard InChI is InChI=1S/C22H22N2O5S/c1-22(2,3)29-21(26)23-11-12-5-7-16(28-12)18-15(27-4)8-6-14-17(18)13-9-10-30-19(13)20(25)24-14/h5-10H,11H2,1-4H3,(H,23,26)(H,24,25). The zero-order valence-electron chi connectivity index (χ0n) is 17.1. The summed E-state index contributed by atoms with van der Waals surface area (Å²) in [6.07, 6.45) is -0.513. The summed E-state index contributed by atoms with van der Waals surface area (Å²) in [6, 6.07) is 9.17. The van der Waals surface area contributed by atoms with Gasteiger partial charge in [-0.3, -0.25) is 4.79 Å². The number of aromatic nitrogens is 1. The molecule has 4 rings (SSSR count). The van der Waals surface area contributed by atoms with E-state index in [4.69, 9.17) is 13.9 Å². The van der Waals surface area contributed by atoms with Crippen molar-refractivity contribution in [1.29, 1.82) is 0 Å². The lowest BCUT2D eigenvalue weighted by molar-refractivity contribution is 0.0520. The van der Waals surface area contributed by atoms with Crippen molar-refractivity contribution in [2.24, 2.45) is 0 Å². The molecule has 0 aliphatic rings. The molecule has 0 saturated heterocycles. The summed E-state index contributed by atoms with van der Waals surface area (Å²) in [7, 11) is 1.59. The van der Waals surface area contributed by atoms with Crippen molar-refractivity contribution in [3.8, 4) is 17.1 Å². The number of H-pyrrole nitrogens is 1. The Morgan fingerprint density at radius 1 is 1.20 bits per heavy atom. The van der Waals surface area contributed by atoms with Gasteiger partial charge in [0.25, 0.3) is 5.56 Å². The van der Waals surface area contributed by atoms with Crippen LogP contribution in [-0.4, -0.2) is 23.8 Å². The molecule has 4 aromatic rings. The summed E-state index contributed by atoms with van der Waals surface area (Å²) in [5, 5.41) is 6.27. The first-order chi connectivity index (χ1) is 14.3. The predicted molar refractivity (Wildman–Crippen MR) is 117 cm³/mol. The molecular weight excluding hydrogens is 404 g/mol. The first-order valence-electron chi connectivity index (χ1n) is 9.43. The van der Waals surface area contributed by atoms with Crippen molar-refractivity contribution >= 4 is 38.4 Å². The van der Waals surface area contributed by atoms with Gasteiger partial charge in [-0.1, -0.05) is 0 Å². The molecule has 0 atom stereocenters. The van der Waals surface area contributed by atoms with Gasteiger partial charge < -0.3 is 24.2 Å². The fraction of sp³-hybridized carbons (Fsp3) is 0.273. The quantitative estimate of drug-likeness (QED) is 0.477. The Bertz CT molecular complexity index is 1290. The van der Waals surface area contributed by atoms with E-state index in [1.165, 1.54) is 11.3 Å². The summed E-state index contributed by atoms with van der Waals surface area (Å²) < 4.78 is 17.5. The minimum Gasteiger partial charge on any atom is -0.496 e. The Morgan fingerprint density at radius 2 is 2.00 bits per heavy atom. The van der Waals surface area contributed by atoms with Crippen molar-refractivity contribution < 1.29 is 18.7 Å². The Morgan fingerprint density at radius 3 is 2.73 bits per heavy atom. The van der Waals surface area contributed by atoms with Crippen LogP contribution in [0.1, 0.15) is 26.5 Å². The van der Waals surface area contributed by atoms with Gasteiger partial charge in [-0.25, -0.2) is 4.79 Å². The number of carbonyl (C=O) groups is 1. The van der Waals surface area contributed by atoms with Crippen LogP contribution in [0, 0.1) is 0 Å². The van der Waals surface area contributed by atoms with E-state index in [1.807, 2.05) is 23.6 Å². The smallest absolute Gasteiger partial charge is 0.408 e. The maximum absolute atomic E-state index is 12.4. The highest BCUT2D eigenvalue weighted by Gasteiger charge is 2.20. The van der Waals surface area contributed by atoms with Gasteiger partial charge in [0.05, 0.1) is 19.2 Å². The van der Waals surface area contributed by atoms with Gasteiger partial charge in [-0.2, -0.15) is 0 Å². The first kappa shape index (κ1) is 20.0. The molecule has 7 nitrogen and oxygen atoms in total. The second-order valence-electron chi connectivity index (χ2n) is 7.80. The zero-order chi connectivity index (χ0) is 21.5. The molecule has 0 spiro atoms. The number of furan rings is 1. The SMILES string of the molecule is COc1ccc2[nH]c(=O)c3sccc3c2c1-c1ccc(CNC(=O)OC(C)(C)C)o1. The maximum atomic E-state index is 12.4. The number of pyridine rings is 1. The van der Waals surface area contributed by atoms with Crippen molar-refractivity contribution in [1.82, 2.24) is 10.3 Å². The summed E-state index contributed by atoms with van der Waals surface area (Å²) in [5.41, 5.74) is 0.757. The largest absolute Gasteiger partial charge is 0.496 e. The molecule has 2 N–H and O–H groups in total. The number of thiophene rings is 1. The average Bonchev–Trinajstić information content (AvgIpc) is 3.34. The van der Waals surface area contributed by atoms with Crippen LogP contribution in [0.5, 0.6) is 5.75 Å². The number of alkyl carbamates (subject to hydrolysis) is 1. The van der Waals surface area contributed by atoms with Crippen LogP contribution < -0.4 is 15.6 Å². The Hall–Kier alpha value is -3.26. The summed E-state index contributed by atoms with van der Waals surface area (Å²) in [6.45, 7) is 5.60. The molecule has 1 aromatic carbocycles. The molecule has 0 radical (unpaired) electrons. The number of fused-ring (bicyclic) bond motifs is 3. The number of rotatable bonds is 4. The van der Waals surface area contributed by atoms with E-state index < -0.39 is 11.7 Å². The van der Waals surface area contributed by atoms with Gasteiger partial charge in [0.15, 0.2) is 0 Å². The fourth-order valence-corrected chi connectivity index (χ4v) is 4.12. The third-order valence-electron chi connectivity index (χ3n) is 4.49. The third-order valence-corrected chi connectivity index (χ3v) is 5.40. The lowest BCUT2D eigenvalue weighted by Gasteiger charge is -2.19. The number of amides is 1. The number of hydrogen-bond acceptors (Lipinski definition) is 6. The van der Waals surface area contributed by atoms with E-state index in [0.29, 0.717) is 27.5 Å². The summed E-state index contributed by atoms with van der Waals surface area (Å²) in [4.78, 5) is 27.2. The highest BCUT2D eigenvalue weighted by Crippen LogP contribution is 2.40. The molecule has 3 heterocycles. The van der Waals surface area contributed by atoms with Gasteiger partial charge in [0.1, 0.15) is 27.6 Å². The van der Waals surface area contributed by atoms with Crippen LogP contribution in [0.25, 0.3) is 32.3 Å². The normalized spacial score (nSPS) is 11.7. The molecule has 0 fully saturated rings. The van der Waals surface area contributed by atoms with Crippen LogP contribution in [0.2, 0.25) is 0 Å². The van der Waals surface area contributed by atoms with E-state index in [9.17, 15) is 9.59 Å². The van der Waals surface area contributed by atoms with Crippen LogP contribution in [0.4, 0.5) is 4.79 Å². The molecule has 156 valence electrons. The van der Waals surface area contributed by atoms with Crippen LogP contribution >= 0.6 is 11.3 Å². The van der Waals surface area contributed by atoms with E-state index in [-0.39, 0.29) is 12.1 Å². The molecule has 8 heteroatoms. The van der Waals surface area contributed by atoms with Crippen LogP contribution in [0.15, 0.2) is 44.9 Å². The second kappa shape index (κ2) is 7.53. The Balaban J connectivity index is 1.74. The molecule has 0 unspecified atom stereocenters. The third kappa shape index (κ3) is 3.78. The Labute approximate surface area is 176 Å². The van der Waals surface area contributed by atoms with Gasteiger partial charge in [0.2, 0.25) is 0 Å². The van der Waals surface area contributed by atoms with Gasteiger partial charge in [-0.05, 0) is 56.5 Å². The number of nitrogens with one attached hydrogen (secondary N) is 2. The minimum atomic E-state index is -0.572. The molecule has 1 amide bonds. The molecule has 0 aliphatic carbocycles. The van der Waals surface area contributed by atoms with Gasteiger partial charge in [0, 0.05) is 16.3 Å². The predicted octanol–water partition coefficient (Wildman–Crippen LogP) is 5.04. The molecular formula is C22H22N2O5S. The second-order valence-corrected chi connectivity index (χ2v) is 8.72. The van der Waals surface area contributed by atoms with Gasteiger partial charge in [-0.15, -0.1) is 11.3 Å². The van der Waals surface area contributed by atoms with Crippen molar-refractivity contribution in [2.75, 3.05) is 7.11 Å². The molecule has 0 bridgehead atoms. The molecule has 0 saturated carbocycles. The van der Waals surface area contributed by atoms with E-state index in [0.717, 1.165) is 16.3 Å². The lowest BCUT2D eigenvalue weighted by Crippen LogP contribution is -2.32. The van der Waals surface area contributed by atoms with Gasteiger partial charge >= 0.3 is 6.09 Å². The Kier molecular flexibility index (Phi) is 5.03. The summed E-state index contributed by atoms with van der Waals surface area (Å²) in [5.74, 6) is 1.78. The zero-order valence-corrected chi connectivity index (χ0v) is 17.9. The van der Waals surface area contributed by atoms with E-state index >= 15 is 0 Å². The van der Waals surface area contributed by atoms with E-state index in [2.05, 4.69) is 10.3 Å². The lowest BCUT2D eigenvalue weighted by atomic mass is 10.0. The maximum Gasteiger partial charge on any atom is 0.408 e. The number of benzene rings is 1. The first-order valence-corrected chi connectivity index (χ1v) is 10.3. The fourth-order valence-electron chi connectivity index (χ4n) is 3.32. The number of carbonyl (C=O) groups excluding carboxylic acids is 1. The highest BCUT2D eigenvalue weighted by atomic mass is 32.1. The average molecular weight is 426 g/mol. The van der Waals surface area contributed by atoms with Crippen molar-refractivity contribution in [3.05, 3.63) is 51.8 Å². The topological polar surface area (TPSA) is 93.6 Å². The number of ether oxygens (including phenoxy) is 2. The highest BCUT2D eigenvalue weighted by molar-refractivity contribution is 7.17. The van der Waals surface area contributed by atoms with E-state index in [1.54, 1.807) is 40.0 Å². The number of hydrogen-bond donors (Lipinski definition) is 2. The van der Waals surface area contributed by atoms with Crippen LogP contribution in [-0.2, 0) is 11.3 Å². The number of aromatic amines is 1. The van der Waals surface area contributed by atoms with Crippen molar-refractivity contribution in [3.63, 3.8) is 0 Å². The molecule has 30 heavy (non-hydrogen) atoms. The van der Waals surface area contributed by atoms with Crippen molar-refractivity contribution in [2.45, 2.75) is 32.9 Å². The number of methoxy groups -OCH3 is 1. The summed E-state index contributed by atoms with van der Waals surface area (Å²) >= 11 is 1.39. The minimum absolute atomic E-state index is 0.120. The molecule has 3 aromatic heterocycles.